The zero-order chi connectivity index (χ0) is 18.4. The van der Waals surface area contributed by atoms with Crippen LogP contribution in [-0.4, -0.2) is 49.4 Å². The van der Waals surface area contributed by atoms with Gasteiger partial charge in [-0.15, -0.1) is 0 Å². The van der Waals surface area contributed by atoms with Crippen molar-refractivity contribution in [2.75, 3.05) is 27.3 Å². The first-order valence-electron chi connectivity index (χ1n) is 8.13. The lowest BCUT2D eigenvalue weighted by atomic mass is 10.2. The van der Waals surface area contributed by atoms with Gasteiger partial charge in [0.2, 0.25) is 0 Å². The molecule has 0 fully saturated rings. The van der Waals surface area contributed by atoms with E-state index in [2.05, 4.69) is 0 Å². The summed E-state index contributed by atoms with van der Waals surface area (Å²) in [6, 6.07) is 9.37. The van der Waals surface area contributed by atoms with Crippen LogP contribution < -0.4 is 4.74 Å². The lowest BCUT2D eigenvalue weighted by Gasteiger charge is -2.20. The third-order valence-electron chi connectivity index (χ3n) is 3.85. The van der Waals surface area contributed by atoms with Gasteiger partial charge in [-0.05, 0) is 38.6 Å². The van der Waals surface area contributed by atoms with Gasteiger partial charge >= 0.3 is 5.97 Å². The molecule has 136 valence electrons. The largest absolute Gasteiger partial charge is 0.491 e. The number of aliphatic hydroxyl groups excluding tert-OH is 1. The van der Waals surface area contributed by atoms with E-state index in [-0.39, 0.29) is 6.61 Å². The normalized spacial score (nSPS) is 12.2. The van der Waals surface area contributed by atoms with Crippen LogP contribution in [0.15, 0.2) is 34.7 Å². The number of aryl methyl sites for hydroxylation is 2. The van der Waals surface area contributed by atoms with Crippen molar-refractivity contribution in [3.05, 3.63) is 53.0 Å². The molecule has 1 unspecified atom stereocenters. The molecule has 0 bridgehead atoms. The standard InChI is InChI=1S/C19H25NO5/c1-13-7-5-6-8-18(13)24-12-15(21)10-20(3)11-16-9-17(14(2)25-16)19(22)23-4/h5-9,15,21H,10-12H2,1-4H3. The molecule has 0 amide bonds. The molecule has 1 aromatic heterocycles. The van der Waals surface area contributed by atoms with E-state index in [4.69, 9.17) is 13.9 Å². The molecule has 25 heavy (non-hydrogen) atoms. The highest BCUT2D eigenvalue weighted by atomic mass is 16.5. The van der Waals surface area contributed by atoms with Gasteiger partial charge in [-0.3, -0.25) is 4.90 Å². The molecule has 0 spiro atoms. The number of rotatable bonds is 8. The van der Waals surface area contributed by atoms with E-state index in [1.165, 1.54) is 7.11 Å². The van der Waals surface area contributed by atoms with Gasteiger partial charge in [0, 0.05) is 6.54 Å². The van der Waals surface area contributed by atoms with Crippen LogP contribution in [0.5, 0.6) is 5.75 Å². The Kier molecular flexibility index (Phi) is 6.61. The van der Waals surface area contributed by atoms with Gasteiger partial charge in [-0.25, -0.2) is 4.79 Å². The van der Waals surface area contributed by atoms with Crippen LogP contribution in [0.4, 0.5) is 0 Å². The quantitative estimate of drug-likeness (QED) is 0.740. The number of nitrogens with zero attached hydrogens (tertiary/aromatic N) is 1. The molecular formula is C19H25NO5. The van der Waals surface area contributed by atoms with Gasteiger partial charge < -0.3 is 19.0 Å². The molecule has 0 radical (unpaired) electrons. The minimum absolute atomic E-state index is 0.208. The van der Waals surface area contributed by atoms with Crippen LogP contribution in [0, 0.1) is 13.8 Å². The van der Waals surface area contributed by atoms with Crippen LogP contribution in [0.25, 0.3) is 0 Å². The van der Waals surface area contributed by atoms with E-state index < -0.39 is 12.1 Å². The van der Waals surface area contributed by atoms with Crippen LogP contribution in [0.1, 0.15) is 27.4 Å². The van der Waals surface area contributed by atoms with Crippen molar-refractivity contribution in [3.8, 4) is 5.75 Å². The number of ether oxygens (including phenoxy) is 2. The Morgan fingerprint density at radius 1 is 1.32 bits per heavy atom. The number of likely N-dealkylation sites (N-methyl/N-ethyl adjacent to an activating group) is 1. The number of methoxy groups -OCH3 is 1. The molecule has 0 aliphatic rings. The van der Waals surface area contributed by atoms with Crippen molar-refractivity contribution in [1.29, 1.82) is 0 Å². The van der Waals surface area contributed by atoms with Crippen LogP contribution in [0.3, 0.4) is 0 Å². The first kappa shape index (κ1) is 19.0. The Labute approximate surface area is 148 Å². The second kappa shape index (κ2) is 8.69. The fraction of sp³-hybridized carbons (Fsp3) is 0.421. The smallest absolute Gasteiger partial charge is 0.341 e. The van der Waals surface area contributed by atoms with Crippen molar-refractivity contribution < 1.29 is 23.8 Å². The Balaban J connectivity index is 1.84. The van der Waals surface area contributed by atoms with Gasteiger partial charge in [0.15, 0.2) is 0 Å². The van der Waals surface area contributed by atoms with Crippen molar-refractivity contribution in [2.45, 2.75) is 26.5 Å². The molecule has 0 aliphatic carbocycles. The predicted molar refractivity (Wildman–Crippen MR) is 93.8 cm³/mol. The highest BCUT2D eigenvalue weighted by molar-refractivity contribution is 5.90. The number of benzene rings is 1. The molecule has 2 rings (SSSR count). The number of carbonyl (C=O) groups excluding carboxylic acids is 1. The highest BCUT2D eigenvalue weighted by Gasteiger charge is 2.17. The first-order valence-corrected chi connectivity index (χ1v) is 8.13. The molecule has 2 aromatic rings. The molecule has 0 aliphatic heterocycles. The van der Waals surface area contributed by atoms with Crippen molar-refractivity contribution in [3.63, 3.8) is 0 Å². The third-order valence-corrected chi connectivity index (χ3v) is 3.85. The zero-order valence-electron chi connectivity index (χ0n) is 15.1. The fourth-order valence-corrected chi connectivity index (χ4v) is 2.58. The molecule has 1 aromatic carbocycles. The summed E-state index contributed by atoms with van der Waals surface area (Å²) >= 11 is 0. The summed E-state index contributed by atoms with van der Waals surface area (Å²) in [5.41, 5.74) is 1.46. The van der Waals surface area contributed by atoms with Crippen LogP contribution in [-0.2, 0) is 11.3 Å². The van der Waals surface area contributed by atoms with Crippen LogP contribution >= 0.6 is 0 Å². The predicted octanol–water partition coefficient (Wildman–Crippen LogP) is 2.55. The lowest BCUT2D eigenvalue weighted by Crippen LogP contribution is -2.32. The minimum Gasteiger partial charge on any atom is -0.491 e. The number of esters is 1. The van der Waals surface area contributed by atoms with Gasteiger partial charge in [0.25, 0.3) is 0 Å². The summed E-state index contributed by atoms with van der Waals surface area (Å²) in [6.07, 6.45) is -0.638. The first-order chi connectivity index (χ1) is 11.9. The summed E-state index contributed by atoms with van der Waals surface area (Å²) in [4.78, 5) is 13.5. The van der Waals surface area contributed by atoms with Gasteiger partial charge in [-0.2, -0.15) is 0 Å². The van der Waals surface area contributed by atoms with Crippen LogP contribution in [0.2, 0.25) is 0 Å². The topological polar surface area (TPSA) is 72.1 Å². The maximum Gasteiger partial charge on any atom is 0.341 e. The van der Waals surface area contributed by atoms with E-state index in [0.717, 1.165) is 11.3 Å². The van der Waals surface area contributed by atoms with E-state index >= 15 is 0 Å². The Bertz CT molecular complexity index is 710. The summed E-state index contributed by atoms with van der Waals surface area (Å²) in [7, 11) is 3.21. The molecule has 1 N–H and O–H groups in total. The number of aliphatic hydroxyl groups is 1. The van der Waals surface area contributed by atoms with Gasteiger partial charge in [-0.1, -0.05) is 18.2 Å². The number of hydrogen-bond donors (Lipinski definition) is 1. The maximum atomic E-state index is 11.6. The van der Waals surface area contributed by atoms with E-state index in [9.17, 15) is 9.90 Å². The Morgan fingerprint density at radius 2 is 2.04 bits per heavy atom. The van der Waals surface area contributed by atoms with E-state index in [1.807, 2.05) is 43.1 Å². The monoisotopic (exact) mass is 347 g/mol. The average molecular weight is 347 g/mol. The summed E-state index contributed by atoms with van der Waals surface area (Å²) in [6.45, 7) is 4.78. The van der Waals surface area contributed by atoms with Crippen molar-refractivity contribution in [1.82, 2.24) is 4.90 Å². The molecule has 0 saturated heterocycles. The van der Waals surface area contributed by atoms with Crippen molar-refractivity contribution >= 4 is 5.97 Å². The lowest BCUT2D eigenvalue weighted by molar-refractivity contribution is 0.0598. The molecule has 1 atom stereocenters. The maximum absolute atomic E-state index is 11.6. The minimum atomic E-state index is -0.638. The summed E-state index contributed by atoms with van der Waals surface area (Å²) in [5.74, 6) is 1.53. The van der Waals surface area contributed by atoms with E-state index in [0.29, 0.717) is 30.2 Å². The number of furan rings is 1. The number of carbonyl (C=O) groups is 1. The molecule has 6 nitrogen and oxygen atoms in total. The zero-order valence-corrected chi connectivity index (χ0v) is 15.1. The van der Waals surface area contributed by atoms with Gasteiger partial charge in [0.05, 0.1) is 13.7 Å². The average Bonchev–Trinajstić information content (AvgIpc) is 2.93. The van der Waals surface area contributed by atoms with E-state index in [1.54, 1.807) is 13.0 Å². The second-order valence-electron chi connectivity index (χ2n) is 6.10. The SMILES string of the molecule is COC(=O)c1cc(CN(C)CC(O)COc2ccccc2C)oc1C. The third kappa shape index (κ3) is 5.34. The second-order valence-corrected chi connectivity index (χ2v) is 6.10. The molecule has 6 heteroatoms. The molecular weight excluding hydrogens is 322 g/mol. The summed E-state index contributed by atoms with van der Waals surface area (Å²) < 4.78 is 16.0. The van der Waals surface area contributed by atoms with Gasteiger partial charge in [0.1, 0.15) is 35.5 Å². The fourth-order valence-electron chi connectivity index (χ4n) is 2.58. The Hall–Kier alpha value is -2.31. The molecule has 1 heterocycles. The van der Waals surface area contributed by atoms with Crippen molar-refractivity contribution in [2.24, 2.45) is 0 Å². The Morgan fingerprint density at radius 3 is 2.72 bits per heavy atom. The molecule has 0 saturated carbocycles. The highest BCUT2D eigenvalue weighted by Crippen LogP contribution is 2.18. The number of hydrogen-bond acceptors (Lipinski definition) is 6. The summed E-state index contributed by atoms with van der Waals surface area (Å²) in [5, 5.41) is 10.2. The number of para-hydroxylation sites is 1.